The van der Waals surface area contributed by atoms with Gasteiger partial charge in [-0.25, -0.2) is 0 Å². The molecule has 1 aliphatic rings. The fourth-order valence-electron chi connectivity index (χ4n) is 7.74. The van der Waals surface area contributed by atoms with Crippen molar-refractivity contribution >= 4 is 11.9 Å². The molecule has 0 spiro atoms. The van der Waals surface area contributed by atoms with Gasteiger partial charge in [0.2, 0.25) is 6.29 Å². The van der Waals surface area contributed by atoms with Gasteiger partial charge in [-0.15, -0.1) is 0 Å². The summed E-state index contributed by atoms with van der Waals surface area (Å²) in [5, 5.41) is 17.3. The van der Waals surface area contributed by atoms with Crippen LogP contribution in [0.2, 0.25) is 0 Å². The largest absolute Gasteiger partial charge is 0.463 e. The van der Waals surface area contributed by atoms with Gasteiger partial charge in [0, 0.05) is 32.5 Å². The Morgan fingerprint density at radius 3 is 1.06 bits per heavy atom. The molecule has 0 unspecified atom stereocenters. The fourth-order valence-corrected chi connectivity index (χ4v) is 7.74. The van der Waals surface area contributed by atoms with Crippen LogP contribution in [0, 0.1) is 0 Å². The molecule has 0 bridgehead atoms. The number of nitrogens with zero attached hydrogens (tertiary/aromatic N) is 2. The third-order valence-electron chi connectivity index (χ3n) is 11.8. The number of ether oxygens (including phenoxy) is 3. The molecule has 0 amide bonds. The van der Waals surface area contributed by atoms with E-state index in [4.69, 9.17) is 24.4 Å². The van der Waals surface area contributed by atoms with Crippen molar-refractivity contribution in [1.82, 2.24) is 9.80 Å². The Bertz CT molecular complexity index is 824. The zero-order valence-corrected chi connectivity index (χ0v) is 42.4. The first kappa shape index (κ1) is 62.8. The standard InChI is InChI=1S/2C18H38O.C17H32N2O5/c2*1-2-3-4-5-6-7-8-9-10-11-12-13-14-15-16-17-18-19;1-18(2)11-5-7-15(20)22-13-14-9-10-17(23-14)24-16(21)8-6-12-19(3)4/h2*19H,2-18H2,1H3;14,17H,5-13H2,1-4H3/t;;14-,17-/m..0/s1. The average molecular weight is 885 g/mol. The monoisotopic (exact) mass is 885 g/mol. The normalized spacial score (nSPS) is 14.7. The number of carbonyl (C=O) groups excluding carboxylic acids is 2. The van der Waals surface area contributed by atoms with Crippen LogP contribution in [0.4, 0.5) is 0 Å². The van der Waals surface area contributed by atoms with E-state index >= 15 is 0 Å². The van der Waals surface area contributed by atoms with Crippen LogP contribution in [0.5, 0.6) is 0 Å². The van der Waals surface area contributed by atoms with Crippen molar-refractivity contribution in [2.45, 2.75) is 270 Å². The molecule has 1 saturated heterocycles. The second-order valence-corrected chi connectivity index (χ2v) is 18.8. The number of aliphatic hydroxyl groups is 2. The second-order valence-electron chi connectivity index (χ2n) is 18.8. The zero-order chi connectivity index (χ0) is 46.0. The van der Waals surface area contributed by atoms with Crippen molar-refractivity contribution in [3.8, 4) is 0 Å². The van der Waals surface area contributed by atoms with E-state index in [0.29, 0.717) is 32.5 Å². The van der Waals surface area contributed by atoms with Crippen molar-refractivity contribution < 1.29 is 34.0 Å². The van der Waals surface area contributed by atoms with Gasteiger partial charge in [0.25, 0.3) is 0 Å². The predicted octanol–water partition coefficient (Wildman–Crippen LogP) is 13.7. The van der Waals surface area contributed by atoms with E-state index in [1.54, 1.807) is 0 Å². The number of carbonyl (C=O) groups is 2. The number of unbranched alkanes of at least 4 members (excludes halogenated alkanes) is 30. The van der Waals surface area contributed by atoms with Crippen LogP contribution in [-0.4, -0.2) is 105 Å². The van der Waals surface area contributed by atoms with Gasteiger partial charge >= 0.3 is 11.9 Å². The maximum atomic E-state index is 11.7. The Hall–Kier alpha value is -1.26. The molecule has 0 radical (unpaired) electrons. The minimum Gasteiger partial charge on any atom is -0.463 e. The van der Waals surface area contributed by atoms with Gasteiger partial charge in [-0.1, -0.05) is 206 Å². The highest BCUT2D eigenvalue weighted by Crippen LogP contribution is 2.22. The molecule has 2 N–H and O–H groups in total. The molecule has 1 rings (SSSR count). The molecular weight excluding hydrogens is 777 g/mol. The van der Waals surface area contributed by atoms with E-state index in [-0.39, 0.29) is 24.6 Å². The summed E-state index contributed by atoms with van der Waals surface area (Å²) in [6.45, 7) is 7.26. The van der Waals surface area contributed by atoms with Crippen LogP contribution >= 0.6 is 0 Å². The predicted molar refractivity (Wildman–Crippen MR) is 264 cm³/mol. The second kappa shape index (κ2) is 52.4. The van der Waals surface area contributed by atoms with Gasteiger partial charge in [0.15, 0.2) is 0 Å². The molecule has 1 fully saturated rings. The SMILES string of the molecule is CCCCCCCCCCCCCCCCCCO.CCCCCCCCCCCCCCCCCCO.CN(C)CCCC(=O)OC[C@@H]1CC[C@H](OC(=O)CCCN(C)C)O1. The summed E-state index contributed by atoms with van der Waals surface area (Å²) >= 11 is 0. The highest BCUT2D eigenvalue weighted by molar-refractivity contribution is 5.69. The van der Waals surface area contributed by atoms with E-state index in [1.165, 1.54) is 193 Å². The van der Waals surface area contributed by atoms with E-state index in [0.717, 1.165) is 45.2 Å². The first-order chi connectivity index (χ1) is 30.2. The molecule has 1 aliphatic heterocycles. The number of esters is 2. The molecular formula is C53H108N2O7. The summed E-state index contributed by atoms with van der Waals surface area (Å²) in [6, 6.07) is 0. The third kappa shape index (κ3) is 53.1. The van der Waals surface area contributed by atoms with E-state index in [1.807, 2.05) is 38.0 Å². The van der Waals surface area contributed by atoms with Gasteiger partial charge < -0.3 is 34.2 Å². The summed E-state index contributed by atoms with van der Waals surface area (Å²) in [4.78, 5) is 27.4. The molecule has 1 heterocycles. The van der Waals surface area contributed by atoms with Crippen LogP contribution in [-0.2, 0) is 23.8 Å². The molecule has 0 saturated carbocycles. The quantitative estimate of drug-likeness (QED) is 0.0457. The lowest BCUT2D eigenvalue weighted by molar-refractivity contribution is -0.180. The van der Waals surface area contributed by atoms with E-state index < -0.39 is 6.29 Å². The molecule has 0 aliphatic carbocycles. The van der Waals surface area contributed by atoms with Gasteiger partial charge in [-0.3, -0.25) is 9.59 Å². The first-order valence-electron chi connectivity index (χ1n) is 26.7. The Morgan fingerprint density at radius 1 is 0.452 bits per heavy atom. The Morgan fingerprint density at radius 2 is 0.758 bits per heavy atom. The van der Waals surface area contributed by atoms with Crippen LogP contribution in [0.3, 0.4) is 0 Å². The maximum absolute atomic E-state index is 11.7. The van der Waals surface area contributed by atoms with Crippen molar-refractivity contribution in [1.29, 1.82) is 0 Å². The molecule has 372 valence electrons. The fraction of sp³-hybridized carbons (Fsp3) is 0.962. The average Bonchev–Trinajstić information content (AvgIpc) is 3.70. The number of rotatable bonds is 43. The lowest BCUT2D eigenvalue weighted by Crippen LogP contribution is -2.23. The van der Waals surface area contributed by atoms with Crippen molar-refractivity contribution in [3.05, 3.63) is 0 Å². The number of hydrogen-bond donors (Lipinski definition) is 2. The van der Waals surface area contributed by atoms with Crippen molar-refractivity contribution in [2.75, 3.05) is 61.1 Å². The first-order valence-corrected chi connectivity index (χ1v) is 26.7. The van der Waals surface area contributed by atoms with E-state index in [9.17, 15) is 9.59 Å². The Labute approximate surface area is 385 Å². The van der Waals surface area contributed by atoms with Crippen LogP contribution in [0.1, 0.15) is 258 Å². The highest BCUT2D eigenvalue weighted by Gasteiger charge is 2.29. The lowest BCUT2D eigenvalue weighted by atomic mass is 10.0. The smallest absolute Gasteiger partial charge is 0.308 e. The molecule has 9 heteroatoms. The van der Waals surface area contributed by atoms with Crippen molar-refractivity contribution in [2.24, 2.45) is 0 Å². The topological polar surface area (TPSA) is 109 Å². The van der Waals surface area contributed by atoms with Crippen LogP contribution < -0.4 is 0 Å². The molecule has 0 aromatic heterocycles. The lowest BCUT2D eigenvalue weighted by Gasteiger charge is -2.15. The zero-order valence-electron chi connectivity index (χ0n) is 42.4. The van der Waals surface area contributed by atoms with Crippen LogP contribution in [0.25, 0.3) is 0 Å². The minimum absolute atomic E-state index is 0.178. The molecule has 0 aromatic rings. The van der Waals surface area contributed by atoms with Gasteiger partial charge in [-0.05, 0) is 73.4 Å². The van der Waals surface area contributed by atoms with Gasteiger partial charge in [-0.2, -0.15) is 0 Å². The van der Waals surface area contributed by atoms with Crippen molar-refractivity contribution in [3.63, 3.8) is 0 Å². The summed E-state index contributed by atoms with van der Waals surface area (Å²) in [5.41, 5.74) is 0. The van der Waals surface area contributed by atoms with Crippen LogP contribution in [0.15, 0.2) is 0 Å². The maximum Gasteiger partial charge on any atom is 0.308 e. The number of aliphatic hydroxyl groups excluding tert-OH is 2. The summed E-state index contributed by atoms with van der Waals surface area (Å²) < 4.78 is 16.1. The minimum atomic E-state index is -0.505. The molecule has 2 atom stereocenters. The highest BCUT2D eigenvalue weighted by atomic mass is 16.7. The van der Waals surface area contributed by atoms with Gasteiger partial charge in [0.05, 0.1) is 6.10 Å². The summed E-state index contributed by atoms with van der Waals surface area (Å²) in [7, 11) is 7.88. The molecule has 0 aromatic carbocycles. The summed E-state index contributed by atoms with van der Waals surface area (Å²) in [6.07, 6.45) is 47.4. The van der Waals surface area contributed by atoms with E-state index in [2.05, 4.69) is 13.8 Å². The molecule has 9 nitrogen and oxygen atoms in total. The third-order valence-corrected chi connectivity index (χ3v) is 11.8. The summed E-state index contributed by atoms with van der Waals surface area (Å²) in [5.74, 6) is -0.437. The molecule has 62 heavy (non-hydrogen) atoms. The Kier molecular flexibility index (Phi) is 53.1. The van der Waals surface area contributed by atoms with Gasteiger partial charge in [0.1, 0.15) is 6.61 Å². The Balaban J connectivity index is 0. The number of hydrogen-bond acceptors (Lipinski definition) is 9.